The van der Waals surface area contributed by atoms with Gasteiger partial charge in [0.1, 0.15) is 25.0 Å². The summed E-state index contributed by atoms with van der Waals surface area (Å²) in [6, 6.07) is 0. The first-order valence-electron chi connectivity index (χ1n) is 6.25. The van der Waals surface area contributed by atoms with E-state index >= 15 is 0 Å². The Labute approximate surface area is 138 Å². The molecule has 0 heterocycles. The molecule has 0 rings (SSSR count). The first-order chi connectivity index (χ1) is 10.4. The molecule has 0 radical (unpaired) electrons. The number of hydroxylamine groups is 4. The van der Waals surface area contributed by atoms with Gasteiger partial charge in [0.25, 0.3) is 11.8 Å². The lowest BCUT2D eigenvalue weighted by Gasteiger charge is -2.11. The third-order valence-electron chi connectivity index (χ3n) is 2.23. The third kappa shape index (κ3) is 10.2. The van der Waals surface area contributed by atoms with Crippen LogP contribution in [0, 0.1) is 0 Å². The lowest BCUT2D eigenvalue weighted by Crippen LogP contribution is -2.30. The van der Waals surface area contributed by atoms with E-state index in [4.69, 9.17) is 42.7 Å². The smallest absolute Gasteiger partial charge is 0.286 e. The van der Waals surface area contributed by atoms with Gasteiger partial charge in [0, 0.05) is 4.57 Å². The zero-order chi connectivity index (χ0) is 17.0. The van der Waals surface area contributed by atoms with Crippen molar-refractivity contribution in [1.82, 2.24) is 10.1 Å². The Bertz CT molecular complexity index is 343. The lowest BCUT2D eigenvalue weighted by atomic mass is 10.4. The second-order valence-corrected chi connectivity index (χ2v) is 5.40. The molecule has 0 aromatic rings. The molecule has 9 nitrogen and oxygen atoms in total. The van der Waals surface area contributed by atoms with E-state index < -0.39 is 20.1 Å². The lowest BCUT2D eigenvalue weighted by molar-refractivity contribution is -0.162. The molecule has 0 spiro atoms. The monoisotopic (exact) mass is 379 g/mol. The largest absolute Gasteiger partial charge is 0.697 e. The summed E-state index contributed by atoms with van der Waals surface area (Å²) in [5.74, 6) is -1.93. The van der Waals surface area contributed by atoms with E-state index in [9.17, 15) is 14.2 Å². The van der Waals surface area contributed by atoms with Gasteiger partial charge in [0.05, 0.1) is 13.1 Å². The van der Waals surface area contributed by atoms with E-state index in [1.165, 1.54) is 0 Å². The first kappa shape index (κ1) is 21.5. The molecule has 0 aliphatic rings. The summed E-state index contributed by atoms with van der Waals surface area (Å²) in [5.41, 5.74) is 0. The van der Waals surface area contributed by atoms with E-state index in [-0.39, 0.29) is 50.9 Å². The predicted molar refractivity (Wildman–Crippen MR) is 77.2 cm³/mol. The molecule has 2 amide bonds. The van der Waals surface area contributed by atoms with Crippen LogP contribution in [0.2, 0.25) is 0 Å². The standard InChI is InChI=1S/C10H18Cl2N2O7P/c11-7-9(15)13(17)3-1-5-20-22(19)21-6-2-4-14(18)10(16)8-12/h17-18H,1-8H2/q+1. The Morgan fingerprint density at radius 1 is 0.909 bits per heavy atom. The number of hydrogen-bond acceptors (Lipinski definition) is 7. The number of rotatable bonds is 12. The second kappa shape index (κ2) is 13.0. The molecule has 0 aromatic heterocycles. The molecule has 0 aliphatic carbocycles. The van der Waals surface area contributed by atoms with Crippen molar-refractivity contribution in [2.75, 3.05) is 38.1 Å². The number of hydrogen-bond donors (Lipinski definition) is 2. The van der Waals surface area contributed by atoms with Gasteiger partial charge in [-0.25, -0.2) is 10.1 Å². The summed E-state index contributed by atoms with van der Waals surface area (Å²) in [6.45, 7) is 0.0147. The molecule has 0 aliphatic heterocycles. The van der Waals surface area contributed by atoms with Crippen molar-refractivity contribution in [2.45, 2.75) is 12.8 Å². The van der Waals surface area contributed by atoms with Crippen molar-refractivity contribution in [1.29, 1.82) is 0 Å². The first-order valence-corrected chi connectivity index (χ1v) is 8.42. The van der Waals surface area contributed by atoms with Crippen molar-refractivity contribution in [3.63, 3.8) is 0 Å². The maximum atomic E-state index is 11.3. The Morgan fingerprint density at radius 3 is 1.59 bits per heavy atom. The summed E-state index contributed by atoms with van der Waals surface area (Å²) in [5, 5.41) is 19.2. The Balaban J connectivity index is 3.59. The summed E-state index contributed by atoms with van der Waals surface area (Å²) in [4.78, 5) is 21.8. The van der Waals surface area contributed by atoms with Gasteiger partial charge < -0.3 is 0 Å². The molecular formula is C10H18Cl2N2O7P+. The molecule has 0 fully saturated rings. The number of carbonyl (C=O) groups excluding carboxylic acids is 2. The van der Waals surface area contributed by atoms with E-state index in [1.807, 2.05) is 0 Å². The van der Waals surface area contributed by atoms with Crippen molar-refractivity contribution in [3.8, 4) is 0 Å². The zero-order valence-corrected chi connectivity index (χ0v) is 14.1. The summed E-state index contributed by atoms with van der Waals surface area (Å²) in [7, 11) is -2.35. The van der Waals surface area contributed by atoms with Crippen molar-refractivity contribution >= 4 is 43.3 Å². The highest BCUT2D eigenvalue weighted by Crippen LogP contribution is 2.23. The third-order valence-corrected chi connectivity index (χ3v) is 3.47. The van der Waals surface area contributed by atoms with Crippen LogP contribution >= 0.6 is 31.5 Å². The van der Waals surface area contributed by atoms with Gasteiger partial charge >= 0.3 is 8.25 Å². The average molecular weight is 380 g/mol. The van der Waals surface area contributed by atoms with Crippen LogP contribution in [0.3, 0.4) is 0 Å². The van der Waals surface area contributed by atoms with Gasteiger partial charge in [0.15, 0.2) is 0 Å². The highest BCUT2D eigenvalue weighted by Gasteiger charge is 2.20. The summed E-state index contributed by atoms with van der Waals surface area (Å²) >= 11 is 10.5. The van der Waals surface area contributed by atoms with Gasteiger partial charge in [-0.3, -0.25) is 20.0 Å². The number of carbonyl (C=O) groups is 2. The van der Waals surface area contributed by atoms with Gasteiger partial charge in [-0.2, -0.15) is 0 Å². The highest BCUT2D eigenvalue weighted by atomic mass is 35.5. The van der Waals surface area contributed by atoms with Crippen LogP contribution in [0.1, 0.15) is 12.8 Å². The van der Waals surface area contributed by atoms with Crippen LogP contribution in [0.15, 0.2) is 0 Å². The van der Waals surface area contributed by atoms with Crippen LogP contribution in [-0.2, 0) is 23.2 Å². The zero-order valence-electron chi connectivity index (χ0n) is 11.7. The van der Waals surface area contributed by atoms with Crippen molar-refractivity contribution in [3.05, 3.63) is 0 Å². The molecule has 12 heteroatoms. The molecule has 0 saturated heterocycles. The average Bonchev–Trinajstić information content (AvgIpc) is 2.53. The van der Waals surface area contributed by atoms with E-state index in [1.54, 1.807) is 0 Å². The Morgan fingerprint density at radius 2 is 1.27 bits per heavy atom. The maximum absolute atomic E-state index is 11.3. The minimum Gasteiger partial charge on any atom is -0.286 e. The van der Waals surface area contributed by atoms with Crippen LogP contribution in [0.25, 0.3) is 0 Å². The fourth-order valence-electron chi connectivity index (χ4n) is 1.13. The van der Waals surface area contributed by atoms with E-state index in [0.717, 1.165) is 0 Å². The van der Waals surface area contributed by atoms with Crippen LogP contribution in [0.5, 0.6) is 0 Å². The van der Waals surface area contributed by atoms with Crippen molar-refractivity contribution in [2.24, 2.45) is 0 Å². The van der Waals surface area contributed by atoms with Crippen molar-refractivity contribution < 1.29 is 33.6 Å². The molecular weight excluding hydrogens is 362 g/mol. The molecule has 0 bridgehead atoms. The molecule has 22 heavy (non-hydrogen) atoms. The number of nitrogens with zero attached hydrogens (tertiary/aromatic N) is 2. The summed E-state index contributed by atoms with van der Waals surface area (Å²) in [6.07, 6.45) is 0.496. The van der Waals surface area contributed by atoms with Crippen LogP contribution in [-0.4, -0.2) is 70.4 Å². The van der Waals surface area contributed by atoms with Gasteiger partial charge in [-0.05, 0) is 12.8 Å². The Hall–Kier alpha value is -0.540. The van der Waals surface area contributed by atoms with Crippen LogP contribution in [0.4, 0.5) is 0 Å². The van der Waals surface area contributed by atoms with E-state index in [0.29, 0.717) is 10.1 Å². The Kier molecular flexibility index (Phi) is 12.6. The van der Waals surface area contributed by atoms with Crippen LogP contribution < -0.4 is 0 Å². The molecule has 128 valence electrons. The second-order valence-electron chi connectivity index (χ2n) is 3.90. The quantitative estimate of drug-likeness (QED) is 0.173. The molecule has 0 atom stereocenters. The maximum Gasteiger partial charge on any atom is 0.697 e. The number of halogens is 2. The molecule has 0 unspecified atom stereocenters. The van der Waals surface area contributed by atoms with Gasteiger partial charge in [0.2, 0.25) is 0 Å². The minimum absolute atomic E-state index is 0.00522. The summed E-state index contributed by atoms with van der Waals surface area (Å²) < 4.78 is 20.9. The number of amides is 2. The fourth-order valence-corrected chi connectivity index (χ4v) is 2.04. The predicted octanol–water partition coefficient (Wildman–Crippen LogP) is 1.37. The SMILES string of the molecule is O=C(CCl)N(O)CCCO[P+](=O)OCCCN(O)C(=O)CCl. The molecule has 0 aromatic carbocycles. The fraction of sp³-hybridized carbons (Fsp3) is 0.800. The molecule has 2 N–H and O–H groups in total. The van der Waals surface area contributed by atoms with E-state index in [2.05, 4.69) is 0 Å². The minimum atomic E-state index is -2.35. The molecule has 0 saturated carbocycles. The van der Waals surface area contributed by atoms with Gasteiger partial charge in [-0.15, -0.1) is 32.2 Å². The van der Waals surface area contributed by atoms with Gasteiger partial charge in [-0.1, -0.05) is 0 Å². The number of alkyl halides is 2. The normalized spacial score (nSPS) is 10.4. The highest BCUT2D eigenvalue weighted by molar-refractivity contribution is 7.33. The topological polar surface area (TPSA) is 117 Å².